The molecule has 0 radical (unpaired) electrons. The van der Waals surface area contributed by atoms with Gasteiger partial charge in [-0.1, -0.05) is 154 Å². The van der Waals surface area contributed by atoms with E-state index in [0.717, 1.165) is 58.8 Å². The number of hydrogen-bond acceptors (Lipinski definition) is 23. The normalized spacial score (nSPS) is 16.3. The van der Waals surface area contributed by atoms with E-state index in [2.05, 4.69) is 91.4 Å². The first kappa shape index (κ1) is 95.4. The van der Waals surface area contributed by atoms with E-state index in [1.165, 1.54) is 30.3 Å². The van der Waals surface area contributed by atoms with E-state index >= 15 is 0 Å². The SMILES string of the molecule is CC1c2nnn(-c3cnccn3)c2CCN1C(=O)c1ccc(F)c(Cl)c1Cl.C[C@@H]1c2nnn(-c3ccccn3)c2CCN1C(=O)c1ccc(F)c(Cl)c1Cl.C[C@@H]1c2nnn(-c3cnccn3)c2CCN1C(=O)c1ccc(F)c(Cl)c1Cl.C[C@H]1c2nnn(-c3ccccn3)c2CCN1C(=O)c1ccc(F)c(Cl)c1Cl.C[C@H]1c2nnn(-c3cnccn3)c2CCN1C(=O)c1ccc(F)c(Cl)c1Cl. The van der Waals surface area contributed by atoms with Crippen molar-refractivity contribution in [2.75, 3.05) is 32.7 Å². The molecule has 15 heterocycles. The first-order chi connectivity index (χ1) is 64.9. The van der Waals surface area contributed by atoms with Crippen molar-refractivity contribution in [2.24, 2.45) is 0 Å². The monoisotopic (exact) mass is 2030 g/mol. The van der Waals surface area contributed by atoms with Crippen molar-refractivity contribution in [2.45, 2.75) is 96.9 Å². The third kappa shape index (κ3) is 18.9. The van der Waals surface area contributed by atoms with Crippen LogP contribution in [0.5, 0.6) is 0 Å². The number of rotatable bonds is 10. The van der Waals surface area contributed by atoms with Gasteiger partial charge in [0.25, 0.3) is 29.5 Å². The van der Waals surface area contributed by atoms with Crippen LogP contribution in [0.3, 0.4) is 0 Å². The van der Waals surface area contributed by atoms with E-state index < -0.39 is 29.1 Å². The molecule has 5 amide bonds. The number of aromatic nitrogens is 23. The molecule has 5 atom stereocenters. The zero-order valence-corrected chi connectivity index (χ0v) is 78.3. The van der Waals surface area contributed by atoms with Gasteiger partial charge in [0, 0.05) is 114 Å². The highest BCUT2D eigenvalue weighted by molar-refractivity contribution is 6.46. The van der Waals surface area contributed by atoms with Crippen molar-refractivity contribution in [1.29, 1.82) is 0 Å². The first-order valence-electron chi connectivity index (χ1n) is 41.0. The molecule has 0 saturated heterocycles. The molecule has 5 aliphatic heterocycles. The average Bonchev–Trinajstić information content (AvgIpc) is 1.67. The highest BCUT2D eigenvalue weighted by atomic mass is 35.5. The molecule has 20 rings (SSSR count). The van der Waals surface area contributed by atoms with Crippen molar-refractivity contribution >= 4 is 146 Å². The predicted octanol–water partition coefficient (Wildman–Crippen LogP) is 17.5. The summed E-state index contributed by atoms with van der Waals surface area (Å²) in [5.74, 6) is -1.96. The van der Waals surface area contributed by atoms with Crippen LogP contribution in [0.25, 0.3) is 29.1 Å². The maximum absolute atomic E-state index is 13.5. The highest BCUT2D eigenvalue weighted by Crippen LogP contribution is 2.42. The molecule has 5 aliphatic rings. The second-order valence-electron chi connectivity index (χ2n) is 30.5. The van der Waals surface area contributed by atoms with Crippen LogP contribution in [0, 0.1) is 29.1 Å². The van der Waals surface area contributed by atoms with Crippen LogP contribution >= 0.6 is 116 Å². The highest BCUT2D eigenvalue weighted by Gasteiger charge is 2.41. The molecule has 33 nitrogen and oxygen atoms in total. The number of carbonyl (C=O) groups is 5. The maximum atomic E-state index is 13.5. The van der Waals surface area contributed by atoms with Crippen LogP contribution in [-0.2, 0) is 32.1 Å². The van der Waals surface area contributed by atoms with E-state index in [0.29, 0.717) is 122 Å². The molecular formula is C87H67Cl10F5N28O5. The molecule has 5 aromatic carbocycles. The Morgan fingerprint density at radius 1 is 0.259 bits per heavy atom. The molecule has 0 bridgehead atoms. The largest absolute Gasteiger partial charge is 0.330 e. The fraction of sp³-hybridized carbons (Fsp3) is 0.230. The lowest BCUT2D eigenvalue weighted by Gasteiger charge is -2.33. The van der Waals surface area contributed by atoms with Gasteiger partial charge in [-0.25, -0.2) is 46.9 Å². The predicted molar refractivity (Wildman–Crippen MR) is 487 cm³/mol. The van der Waals surface area contributed by atoms with E-state index in [-0.39, 0.29) is 138 Å². The third-order valence-electron chi connectivity index (χ3n) is 22.9. The second kappa shape index (κ2) is 40.8. The third-order valence-corrected chi connectivity index (χ3v) is 27.2. The molecule has 0 aliphatic carbocycles. The van der Waals surface area contributed by atoms with Gasteiger partial charge in [-0.05, 0) is 120 Å². The first-order valence-corrected chi connectivity index (χ1v) is 44.8. The number of fused-ring (bicyclic) bond motifs is 5. The van der Waals surface area contributed by atoms with Gasteiger partial charge in [0.2, 0.25) is 0 Å². The molecular weight excluding hydrogens is 1970 g/mol. The molecule has 48 heteroatoms. The summed E-state index contributed by atoms with van der Waals surface area (Å²) in [4.78, 5) is 106. The quantitative estimate of drug-likeness (QED) is 0.0906. The smallest absolute Gasteiger partial charge is 0.255 e. The minimum absolute atomic E-state index is 0.0863. The van der Waals surface area contributed by atoms with Crippen LogP contribution in [0.1, 0.15) is 174 Å². The van der Waals surface area contributed by atoms with Crippen LogP contribution in [-0.4, -0.2) is 202 Å². The molecule has 0 spiro atoms. The molecule has 0 fully saturated rings. The molecule has 1 unspecified atom stereocenters. The summed E-state index contributed by atoms with van der Waals surface area (Å²) in [5, 5.41) is 40.3. The summed E-state index contributed by atoms with van der Waals surface area (Å²) < 4.78 is 75.9. The van der Waals surface area contributed by atoms with Gasteiger partial charge in [-0.3, -0.25) is 38.9 Å². The molecule has 135 heavy (non-hydrogen) atoms. The topological polar surface area (TPSA) is 358 Å². The summed E-state index contributed by atoms with van der Waals surface area (Å²) in [7, 11) is 0. The van der Waals surface area contributed by atoms with Gasteiger partial charge in [0.1, 0.15) is 57.6 Å². The molecule has 10 aromatic heterocycles. The number of pyridine rings is 2. The molecule has 0 N–H and O–H groups in total. The minimum atomic E-state index is -0.667. The van der Waals surface area contributed by atoms with Gasteiger partial charge >= 0.3 is 0 Å². The Labute approximate surface area is 813 Å². The van der Waals surface area contributed by atoms with Gasteiger partial charge < -0.3 is 24.5 Å². The Hall–Kier alpha value is -12.8. The fourth-order valence-electron chi connectivity index (χ4n) is 15.9. The second-order valence-corrected chi connectivity index (χ2v) is 34.2. The van der Waals surface area contributed by atoms with Crippen molar-refractivity contribution < 1.29 is 45.9 Å². The van der Waals surface area contributed by atoms with E-state index in [9.17, 15) is 45.9 Å². The van der Waals surface area contributed by atoms with Crippen LogP contribution in [0.4, 0.5) is 22.0 Å². The van der Waals surface area contributed by atoms with Crippen molar-refractivity contribution in [3.63, 3.8) is 0 Å². The zero-order valence-electron chi connectivity index (χ0n) is 70.8. The number of halogens is 15. The Balaban J connectivity index is 0.000000123. The van der Waals surface area contributed by atoms with Crippen molar-refractivity contribution in [1.82, 2.24) is 139 Å². The lowest BCUT2D eigenvalue weighted by atomic mass is 10.0. The van der Waals surface area contributed by atoms with Crippen molar-refractivity contribution in [3.8, 4) is 29.1 Å². The fourth-order valence-corrected chi connectivity index (χ4v) is 17.9. The lowest BCUT2D eigenvalue weighted by Crippen LogP contribution is -2.39. The Kier molecular flexibility index (Phi) is 28.8. The average molecular weight is 2030 g/mol. The Morgan fingerprint density at radius 3 is 0.644 bits per heavy atom. The van der Waals surface area contributed by atoms with Gasteiger partial charge in [-0.2, -0.15) is 23.4 Å². The van der Waals surface area contributed by atoms with Crippen LogP contribution in [0.15, 0.2) is 165 Å². The van der Waals surface area contributed by atoms with Gasteiger partial charge in [0.05, 0.1) is 155 Å². The Bertz CT molecular complexity index is 6080. The molecule has 690 valence electrons. The van der Waals surface area contributed by atoms with Gasteiger partial charge in [0.15, 0.2) is 29.1 Å². The number of amides is 5. The van der Waals surface area contributed by atoms with Crippen LogP contribution < -0.4 is 0 Å². The standard InChI is InChI=1S/2C18H14Cl2FN5O.3C17H13Cl2FN6O/c2*1-10-17-13(26(24-23-17)14-4-2-3-8-22-14)7-9-25(10)18(27)11-5-6-12(21)16(20)15(11)19;3*1-9-16-12(26(24-23-16)13-8-21-5-6-22-13)4-7-25(9)17(27)10-2-3-11(20)15(19)14(10)18/h2*2-6,8,10H,7,9H2,1H3;3*2-3,5-6,8-9H,4,7H2,1H3/t2*10-;2*9-;/m1010./s1. The Morgan fingerprint density at radius 2 is 0.459 bits per heavy atom. The van der Waals surface area contributed by atoms with E-state index in [1.807, 2.05) is 71.0 Å². The molecule has 15 aromatic rings. The lowest BCUT2D eigenvalue weighted by molar-refractivity contribution is 0.0664. The van der Waals surface area contributed by atoms with Crippen molar-refractivity contribution in [3.05, 3.63) is 329 Å². The summed E-state index contributed by atoms with van der Waals surface area (Å²) in [6, 6.07) is 21.8. The number of benzene rings is 5. The summed E-state index contributed by atoms with van der Waals surface area (Å²) in [6.07, 6.45) is 20.3. The number of nitrogens with zero attached hydrogens (tertiary/aromatic N) is 28. The number of hydrogen-bond donors (Lipinski definition) is 0. The van der Waals surface area contributed by atoms with Gasteiger partial charge in [-0.15, -0.1) is 25.5 Å². The number of carbonyl (C=O) groups excluding carboxylic acids is 5. The van der Waals surface area contributed by atoms with Crippen LogP contribution in [0.2, 0.25) is 50.2 Å². The minimum Gasteiger partial charge on any atom is -0.330 e. The summed E-state index contributed by atoms with van der Waals surface area (Å²) >= 11 is 59.6. The molecule has 0 saturated carbocycles. The van der Waals surface area contributed by atoms with E-state index in [4.69, 9.17) is 116 Å². The van der Waals surface area contributed by atoms with E-state index in [1.54, 1.807) is 116 Å². The summed E-state index contributed by atoms with van der Waals surface area (Å²) in [5.41, 5.74) is 8.63. The summed E-state index contributed by atoms with van der Waals surface area (Å²) in [6.45, 7) is 11.4. The zero-order chi connectivity index (χ0) is 95.6. The maximum Gasteiger partial charge on any atom is 0.255 e.